The van der Waals surface area contributed by atoms with Crippen LogP contribution in [0.2, 0.25) is 5.02 Å². The van der Waals surface area contributed by atoms with Crippen molar-refractivity contribution >= 4 is 62.8 Å². The Morgan fingerprint density at radius 2 is 1.86 bits per heavy atom. The Balaban J connectivity index is 1.20. The van der Waals surface area contributed by atoms with E-state index < -0.39 is 53.0 Å². The standard InChI is InChI=1S/C41H53ClN6O8S/c1-8-23-17-41(23,37(51)52)47-35(49)28-15-24(18-48(28)36(50)34(40(4,5)6)46-39(53)56-30-14-21-9-10-22(30)13-21)55-31-16-26(27-19-57-38(45-27)43-20(2)3)44-33-25(31)11-12-29(54-7)32(33)42/h11-12,16,19-24,28,30,34H,8-10,13-15,17-18H2,1-7H3,(H,43,45)(H,46,53)(H,47,49)(H,51,52)/t21?,22?,23?,24?,28-,30?,34+,41+/m0/s1. The number of aliphatic carboxylic acids is 1. The van der Waals surface area contributed by atoms with Crippen molar-refractivity contribution < 1.29 is 38.5 Å². The Hall–Kier alpha value is -4.37. The first-order valence-electron chi connectivity index (χ1n) is 19.9. The SMILES string of the molecule is CCC1C[C@]1(NC(=O)[C@@H]1CC(Oc2cc(-c3csc(NC(C)C)n3)nc3c(Cl)c(OC)ccc23)CN1C(=O)[C@@H](NC(=O)OC1CC2CCC1C2)C(C)(C)C)C(=O)O. The van der Waals surface area contributed by atoms with Gasteiger partial charge in [-0.15, -0.1) is 11.3 Å². The number of nitrogens with zero attached hydrogens (tertiary/aromatic N) is 3. The molecule has 1 saturated heterocycles. The van der Waals surface area contributed by atoms with E-state index in [1.165, 1.54) is 23.3 Å². The number of thiazole rings is 1. The number of hydrogen-bond acceptors (Lipinski definition) is 11. The summed E-state index contributed by atoms with van der Waals surface area (Å²) in [5.41, 5.74) is -0.674. The fourth-order valence-electron chi connectivity index (χ4n) is 8.88. The molecule has 4 aliphatic rings. The lowest BCUT2D eigenvalue weighted by molar-refractivity contribution is -0.146. The van der Waals surface area contributed by atoms with Crippen molar-refractivity contribution in [2.24, 2.45) is 23.2 Å². The van der Waals surface area contributed by atoms with Crippen LogP contribution in [0.25, 0.3) is 22.3 Å². The molecular formula is C41H53ClN6O8S. The quantitative estimate of drug-likeness (QED) is 0.141. The zero-order valence-corrected chi connectivity index (χ0v) is 35.1. The van der Waals surface area contributed by atoms with Gasteiger partial charge >= 0.3 is 12.1 Å². The van der Waals surface area contributed by atoms with Gasteiger partial charge in [-0.3, -0.25) is 9.59 Å². The van der Waals surface area contributed by atoms with E-state index in [0.29, 0.717) is 58.5 Å². The van der Waals surface area contributed by atoms with Gasteiger partial charge in [0.1, 0.15) is 52.0 Å². The Labute approximate surface area is 341 Å². The van der Waals surface area contributed by atoms with Crippen molar-refractivity contribution in [2.75, 3.05) is 19.0 Å². The number of carbonyl (C=O) groups is 4. The summed E-state index contributed by atoms with van der Waals surface area (Å²) in [5.74, 6) is -0.703. The second-order valence-corrected chi connectivity index (χ2v) is 18.7. The summed E-state index contributed by atoms with van der Waals surface area (Å²) in [6.45, 7) is 11.4. The summed E-state index contributed by atoms with van der Waals surface area (Å²) in [5, 5.41) is 22.6. The molecule has 4 N–H and O–H groups in total. The zero-order valence-electron chi connectivity index (χ0n) is 33.5. The number of pyridine rings is 1. The number of carboxylic acid groups (broad SMARTS) is 1. The van der Waals surface area contributed by atoms with Crippen LogP contribution in [0.1, 0.15) is 86.5 Å². The van der Waals surface area contributed by atoms with E-state index in [1.54, 1.807) is 18.2 Å². The second kappa shape index (κ2) is 15.8. The zero-order chi connectivity index (χ0) is 41.0. The summed E-state index contributed by atoms with van der Waals surface area (Å²) >= 11 is 8.27. The van der Waals surface area contributed by atoms with Crippen molar-refractivity contribution in [3.8, 4) is 22.9 Å². The number of amides is 3. The van der Waals surface area contributed by atoms with Crippen LogP contribution >= 0.6 is 22.9 Å². The molecule has 3 aliphatic carbocycles. The number of aromatic nitrogens is 2. The Morgan fingerprint density at radius 1 is 1.09 bits per heavy atom. The Morgan fingerprint density at radius 3 is 2.47 bits per heavy atom. The number of rotatable bonds is 13. The van der Waals surface area contributed by atoms with Crippen molar-refractivity contribution in [3.63, 3.8) is 0 Å². The Kier molecular flexibility index (Phi) is 11.3. The highest BCUT2D eigenvalue weighted by Gasteiger charge is 2.61. The lowest BCUT2D eigenvalue weighted by Gasteiger charge is -2.35. The predicted molar refractivity (Wildman–Crippen MR) is 217 cm³/mol. The molecular weight excluding hydrogens is 772 g/mol. The summed E-state index contributed by atoms with van der Waals surface area (Å²) in [6, 6.07) is 3.28. The fraction of sp³-hybridized carbons (Fsp3) is 0.610. The molecule has 3 aromatic rings. The van der Waals surface area contributed by atoms with E-state index in [2.05, 4.69) is 16.0 Å². The lowest BCUT2D eigenvalue weighted by atomic mass is 9.85. The molecule has 8 atom stereocenters. The van der Waals surface area contributed by atoms with E-state index in [0.717, 1.165) is 30.8 Å². The monoisotopic (exact) mass is 824 g/mol. The molecule has 57 heavy (non-hydrogen) atoms. The predicted octanol–water partition coefficient (Wildman–Crippen LogP) is 6.89. The minimum absolute atomic E-state index is 0.0217. The van der Waals surface area contributed by atoms with Crippen molar-refractivity contribution in [1.82, 2.24) is 25.5 Å². The summed E-state index contributed by atoms with van der Waals surface area (Å²) < 4.78 is 18.1. The first-order chi connectivity index (χ1) is 27.0. The van der Waals surface area contributed by atoms with Crippen molar-refractivity contribution in [1.29, 1.82) is 0 Å². The molecule has 3 heterocycles. The van der Waals surface area contributed by atoms with Crippen LogP contribution in [0, 0.1) is 23.2 Å². The van der Waals surface area contributed by atoms with E-state index >= 15 is 0 Å². The molecule has 5 unspecified atom stereocenters. The molecule has 0 radical (unpaired) electrons. The van der Waals surface area contributed by atoms with Gasteiger partial charge in [-0.05, 0) is 81.3 Å². The normalized spacial score (nSPS) is 27.0. The minimum atomic E-state index is -1.41. The molecule has 2 bridgehead atoms. The average molecular weight is 825 g/mol. The topological polar surface area (TPSA) is 181 Å². The van der Waals surface area contributed by atoms with Gasteiger partial charge in [0, 0.05) is 29.3 Å². The number of hydrogen-bond donors (Lipinski definition) is 4. The number of methoxy groups -OCH3 is 1. The number of benzene rings is 1. The van der Waals surface area contributed by atoms with Gasteiger partial charge in [0.2, 0.25) is 11.8 Å². The highest BCUT2D eigenvalue weighted by molar-refractivity contribution is 7.14. The number of fused-ring (bicyclic) bond motifs is 3. The summed E-state index contributed by atoms with van der Waals surface area (Å²) in [6.07, 6.45) is 3.41. The molecule has 16 heteroatoms. The van der Waals surface area contributed by atoms with Gasteiger partial charge in [0.25, 0.3) is 0 Å². The van der Waals surface area contributed by atoms with Crippen LogP contribution in [-0.2, 0) is 19.1 Å². The molecule has 1 aromatic carbocycles. The molecule has 0 spiro atoms. The number of anilines is 1. The lowest BCUT2D eigenvalue weighted by Crippen LogP contribution is -2.59. The highest BCUT2D eigenvalue weighted by Crippen LogP contribution is 2.47. The number of halogens is 1. The van der Waals surface area contributed by atoms with Gasteiger partial charge in [-0.2, -0.15) is 0 Å². The molecule has 4 fully saturated rings. The summed E-state index contributed by atoms with van der Waals surface area (Å²) in [4.78, 5) is 65.8. The van der Waals surface area contributed by atoms with Gasteiger partial charge in [-0.1, -0.05) is 45.7 Å². The van der Waals surface area contributed by atoms with E-state index in [9.17, 15) is 24.3 Å². The number of carbonyl (C=O) groups excluding carboxylic acids is 3. The first kappa shape index (κ1) is 40.8. The van der Waals surface area contributed by atoms with E-state index in [4.69, 9.17) is 35.8 Å². The van der Waals surface area contributed by atoms with Gasteiger partial charge in [0.15, 0.2) is 5.13 Å². The largest absolute Gasteiger partial charge is 0.495 e. The minimum Gasteiger partial charge on any atom is -0.495 e. The molecule has 14 nitrogen and oxygen atoms in total. The third kappa shape index (κ3) is 8.19. The van der Waals surface area contributed by atoms with Crippen LogP contribution in [0.4, 0.5) is 9.93 Å². The average Bonchev–Trinajstić information content (AvgIpc) is 3.67. The van der Waals surface area contributed by atoms with E-state index in [-0.39, 0.29) is 36.1 Å². The van der Waals surface area contributed by atoms with Crippen LogP contribution in [-0.4, -0.2) is 93.4 Å². The van der Waals surface area contributed by atoms with E-state index in [1.807, 2.05) is 46.9 Å². The molecule has 3 saturated carbocycles. The second-order valence-electron chi connectivity index (χ2n) is 17.4. The number of likely N-dealkylation sites (tertiary alicyclic amines) is 1. The maximum Gasteiger partial charge on any atom is 0.408 e. The van der Waals surface area contributed by atoms with Crippen molar-refractivity contribution in [2.45, 2.75) is 122 Å². The van der Waals surface area contributed by atoms with Crippen LogP contribution < -0.4 is 25.4 Å². The van der Waals surface area contributed by atoms with Crippen LogP contribution in [0.3, 0.4) is 0 Å². The number of carboxylic acids is 1. The van der Waals surface area contributed by atoms with Crippen molar-refractivity contribution in [3.05, 3.63) is 28.6 Å². The maximum atomic E-state index is 14.7. The molecule has 2 aromatic heterocycles. The van der Waals surface area contributed by atoms with Gasteiger partial charge in [0.05, 0.1) is 24.9 Å². The first-order valence-corrected chi connectivity index (χ1v) is 21.2. The maximum absolute atomic E-state index is 14.7. The summed E-state index contributed by atoms with van der Waals surface area (Å²) in [7, 11) is 1.52. The molecule has 7 rings (SSSR count). The number of nitrogens with one attached hydrogen (secondary N) is 3. The molecule has 1 aliphatic heterocycles. The molecule has 308 valence electrons. The molecule has 3 amide bonds. The van der Waals surface area contributed by atoms with Gasteiger partial charge < -0.3 is 40.2 Å². The van der Waals surface area contributed by atoms with Crippen LogP contribution in [0.15, 0.2) is 23.6 Å². The smallest absolute Gasteiger partial charge is 0.408 e. The number of ether oxygens (including phenoxy) is 3. The third-order valence-corrected chi connectivity index (χ3v) is 13.2. The highest BCUT2D eigenvalue weighted by atomic mass is 35.5. The fourth-order valence-corrected chi connectivity index (χ4v) is 10.0. The van der Waals surface area contributed by atoms with Crippen LogP contribution in [0.5, 0.6) is 11.5 Å². The number of alkyl carbamates (subject to hydrolysis) is 1. The third-order valence-electron chi connectivity index (χ3n) is 12.0. The Bertz CT molecular complexity index is 2050. The van der Waals surface area contributed by atoms with Gasteiger partial charge in [-0.25, -0.2) is 19.6 Å².